The lowest BCUT2D eigenvalue weighted by molar-refractivity contribution is -0.0594. The zero-order valence-electron chi connectivity index (χ0n) is 12.2. The average molecular weight is 259 g/mol. The van der Waals surface area contributed by atoms with Crippen LogP contribution in [0.3, 0.4) is 0 Å². The predicted molar refractivity (Wildman–Crippen MR) is 77.6 cm³/mol. The highest BCUT2D eigenvalue weighted by molar-refractivity contribution is 5.25. The van der Waals surface area contributed by atoms with Crippen molar-refractivity contribution in [2.24, 2.45) is 40.7 Å². The summed E-state index contributed by atoms with van der Waals surface area (Å²) in [5.74, 6) is 5.19. The van der Waals surface area contributed by atoms with E-state index in [0.717, 1.165) is 29.6 Å². The molecule has 6 rings (SSSR count). The summed E-state index contributed by atoms with van der Waals surface area (Å²) in [5.41, 5.74) is 7.99. The summed E-state index contributed by atoms with van der Waals surface area (Å²) in [5, 5.41) is 0. The minimum atomic E-state index is 0.288. The third-order valence-electron chi connectivity index (χ3n) is 8.13. The maximum Gasteiger partial charge on any atom is 0.0252 e. The molecule has 0 aromatic rings. The summed E-state index contributed by atoms with van der Waals surface area (Å²) in [4.78, 5) is 0. The van der Waals surface area contributed by atoms with E-state index in [1.54, 1.807) is 32.1 Å². The fourth-order valence-corrected chi connectivity index (χ4v) is 7.62. The van der Waals surface area contributed by atoms with Crippen molar-refractivity contribution in [2.45, 2.75) is 76.2 Å². The maximum absolute atomic E-state index is 7.08. The molecule has 106 valence electrons. The number of rotatable bonds is 1. The Morgan fingerprint density at radius 3 is 1.89 bits per heavy atom. The van der Waals surface area contributed by atoms with Gasteiger partial charge in [-0.1, -0.05) is 19.3 Å². The SMILES string of the molecule is NC1(C2C3CC4CC(C3)CC2C4)CC12CCCCC2. The van der Waals surface area contributed by atoms with Crippen LogP contribution in [0.4, 0.5) is 0 Å². The van der Waals surface area contributed by atoms with Gasteiger partial charge in [0, 0.05) is 5.54 Å². The first-order valence-corrected chi connectivity index (χ1v) is 8.99. The molecule has 1 unspecified atom stereocenters. The van der Waals surface area contributed by atoms with Crippen LogP contribution in [0.25, 0.3) is 0 Å². The van der Waals surface area contributed by atoms with Crippen LogP contribution in [0.5, 0.6) is 0 Å². The monoisotopic (exact) mass is 259 g/mol. The van der Waals surface area contributed by atoms with Gasteiger partial charge in [-0.15, -0.1) is 0 Å². The van der Waals surface area contributed by atoms with Gasteiger partial charge in [0.05, 0.1) is 0 Å². The molecule has 1 nitrogen and oxygen atoms in total. The molecular formula is C18H29N. The van der Waals surface area contributed by atoms with Gasteiger partial charge in [-0.3, -0.25) is 0 Å². The molecule has 6 aliphatic rings. The zero-order valence-corrected chi connectivity index (χ0v) is 12.2. The molecule has 0 heterocycles. The van der Waals surface area contributed by atoms with Crippen LogP contribution >= 0.6 is 0 Å². The second-order valence-electron chi connectivity index (χ2n) is 9.01. The van der Waals surface area contributed by atoms with Crippen LogP contribution in [-0.2, 0) is 0 Å². The minimum absolute atomic E-state index is 0.288. The smallest absolute Gasteiger partial charge is 0.0252 e. The summed E-state index contributed by atoms with van der Waals surface area (Å²) in [6, 6.07) is 0. The van der Waals surface area contributed by atoms with E-state index in [2.05, 4.69) is 0 Å². The first kappa shape index (κ1) is 11.6. The lowest BCUT2D eigenvalue weighted by atomic mass is 9.49. The van der Waals surface area contributed by atoms with E-state index in [0.29, 0.717) is 5.41 Å². The van der Waals surface area contributed by atoms with Crippen molar-refractivity contribution in [3.8, 4) is 0 Å². The average Bonchev–Trinajstić information content (AvgIpc) is 2.93. The summed E-state index contributed by atoms with van der Waals surface area (Å²) in [7, 11) is 0. The van der Waals surface area contributed by atoms with E-state index in [-0.39, 0.29) is 5.54 Å². The number of hydrogen-bond acceptors (Lipinski definition) is 1. The molecule has 6 fully saturated rings. The molecule has 2 N–H and O–H groups in total. The summed E-state index contributed by atoms with van der Waals surface area (Å²) in [6.45, 7) is 0. The Bertz CT molecular complexity index is 366. The Morgan fingerprint density at radius 2 is 1.32 bits per heavy atom. The van der Waals surface area contributed by atoms with E-state index >= 15 is 0 Å². The van der Waals surface area contributed by atoms with Crippen LogP contribution in [0.15, 0.2) is 0 Å². The van der Waals surface area contributed by atoms with E-state index in [4.69, 9.17) is 5.73 Å². The van der Waals surface area contributed by atoms with Crippen LogP contribution in [-0.4, -0.2) is 5.54 Å². The fraction of sp³-hybridized carbons (Fsp3) is 1.00. The van der Waals surface area contributed by atoms with Gasteiger partial charge in [0.2, 0.25) is 0 Å². The van der Waals surface area contributed by atoms with Crippen molar-refractivity contribution in [1.82, 2.24) is 0 Å². The van der Waals surface area contributed by atoms with Crippen molar-refractivity contribution in [2.75, 3.05) is 0 Å². The van der Waals surface area contributed by atoms with Gasteiger partial charge in [-0.25, -0.2) is 0 Å². The molecular weight excluding hydrogens is 230 g/mol. The molecule has 1 spiro atoms. The Morgan fingerprint density at radius 1 is 0.737 bits per heavy atom. The molecule has 4 bridgehead atoms. The van der Waals surface area contributed by atoms with Crippen molar-refractivity contribution in [3.05, 3.63) is 0 Å². The molecule has 19 heavy (non-hydrogen) atoms. The summed E-state index contributed by atoms with van der Waals surface area (Å²) >= 11 is 0. The molecule has 1 atom stereocenters. The summed E-state index contributed by atoms with van der Waals surface area (Å²) < 4.78 is 0. The third kappa shape index (κ3) is 1.41. The minimum Gasteiger partial charge on any atom is -0.324 e. The normalized spacial score (nSPS) is 57.6. The molecule has 0 amide bonds. The number of hydrogen-bond donors (Lipinski definition) is 1. The van der Waals surface area contributed by atoms with Gasteiger partial charge in [0.25, 0.3) is 0 Å². The van der Waals surface area contributed by atoms with Crippen LogP contribution < -0.4 is 5.73 Å². The third-order valence-corrected chi connectivity index (χ3v) is 8.13. The predicted octanol–water partition coefficient (Wildman–Crippen LogP) is 4.11. The lowest BCUT2D eigenvalue weighted by Gasteiger charge is -2.57. The Kier molecular flexibility index (Phi) is 2.19. The molecule has 0 aromatic heterocycles. The zero-order chi connectivity index (χ0) is 12.7. The maximum atomic E-state index is 7.08. The van der Waals surface area contributed by atoms with Crippen LogP contribution in [0.2, 0.25) is 0 Å². The highest BCUT2D eigenvalue weighted by Gasteiger charge is 2.71. The summed E-state index contributed by atoms with van der Waals surface area (Å²) in [6.07, 6.45) is 16.5. The van der Waals surface area contributed by atoms with E-state index in [1.807, 2.05) is 0 Å². The highest BCUT2D eigenvalue weighted by atomic mass is 15.0. The van der Waals surface area contributed by atoms with Gasteiger partial charge in [0.1, 0.15) is 0 Å². The largest absolute Gasteiger partial charge is 0.324 e. The first-order valence-electron chi connectivity index (χ1n) is 8.99. The standard InChI is InChI=1S/C18H29N/c19-18(11-17(18)4-2-1-3-5-17)16-14-7-12-6-13(9-14)10-15(16)8-12/h12-16H,1-11,19H2. The molecule has 6 saturated carbocycles. The van der Waals surface area contributed by atoms with Gasteiger partial charge >= 0.3 is 0 Å². The molecule has 6 aliphatic carbocycles. The van der Waals surface area contributed by atoms with Crippen molar-refractivity contribution < 1.29 is 0 Å². The highest BCUT2D eigenvalue weighted by Crippen LogP contribution is 2.72. The van der Waals surface area contributed by atoms with Crippen molar-refractivity contribution >= 4 is 0 Å². The van der Waals surface area contributed by atoms with Crippen LogP contribution in [0.1, 0.15) is 70.6 Å². The first-order chi connectivity index (χ1) is 9.20. The van der Waals surface area contributed by atoms with E-state index in [1.165, 1.54) is 38.5 Å². The van der Waals surface area contributed by atoms with Crippen LogP contribution in [0, 0.1) is 35.0 Å². The molecule has 0 radical (unpaired) electrons. The Labute approximate surface area is 117 Å². The van der Waals surface area contributed by atoms with Crippen molar-refractivity contribution in [3.63, 3.8) is 0 Å². The topological polar surface area (TPSA) is 26.0 Å². The molecule has 0 aromatic carbocycles. The second kappa shape index (κ2) is 3.59. The molecule has 0 saturated heterocycles. The quantitative estimate of drug-likeness (QED) is 0.753. The van der Waals surface area contributed by atoms with Gasteiger partial charge in [-0.05, 0) is 86.4 Å². The molecule has 1 heteroatoms. The lowest BCUT2D eigenvalue weighted by Crippen LogP contribution is -2.55. The van der Waals surface area contributed by atoms with Gasteiger partial charge < -0.3 is 5.73 Å². The Balaban J connectivity index is 1.44. The Hall–Kier alpha value is -0.0400. The second-order valence-corrected chi connectivity index (χ2v) is 9.01. The number of nitrogens with two attached hydrogens (primary N) is 1. The fourth-order valence-electron chi connectivity index (χ4n) is 7.62. The van der Waals surface area contributed by atoms with Gasteiger partial charge in [0.15, 0.2) is 0 Å². The van der Waals surface area contributed by atoms with Gasteiger partial charge in [-0.2, -0.15) is 0 Å². The molecule has 0 aliphatic heterocycles. The van der Waals surface area contributed by atoms with E-state index < -0.39 is 0 Å². The van der Waals surface area contributed by atoms with Crippen molar-refractivity contribution in [1.29, 1.82) is 0 Å². The van der Waals surface area contributed by atoms with E-state index in [9.17, 15) is 0 Å².